The molecule has 0 spiro atoms. The number of carbonyl (C=O) groups excluding carboxylic acids is 2. The van der Waals surface area contributed by atoms with Crippen LogP contribution in [-0.4, -0.2) is 38.4 Å². The van der Waals surface area contributed by atoms with Crippen LogP contribution in [-0.2, 0) is 14.4 Å². The number of ketones is 1. The molecule has 2 N–H and O–H groups in total. The van der Waals surface area contributed by atoms with E-state index in [1.807, 2.05) is 75.4 Å². The van der Waals surface area contributed by atoms with Crippen molar-refractivity contribution in [2.24, 2.45) is 5.41 Å². The van der Waals surface area contributed by atoms with Gasteiger partial charge in [0, 0.05) is 11.8 Å². The Morgan fingerprint density at radius 3 is 2.09 bits per heavy atom. The Morgan fingerprint density at radius 2 is 1.55 bits per heavy atom. The van der Waals surface area contributed by atoms with Crippen molar-refractivity contribution in [3.63, 3.8) is 0 Å². The lowest BCUT2D eigenvalue weighted by Crippen LogP contribution is -2.50. The fourth-order valence-corrected chi connectivity index (χ4v) is 3.79. The smallest absolute Gasteiger partial charge is 0.306 e. The molecule has 0 bridgehead atoms. The molecule has 33 heavy (non-hydrogen) atoms. The second-order valence-electron chi connectivity index (χ2n) is 9.18. The molecule has 3 rings (SSSR count). The lowest BCUT2D eigenvalue weighted by atomic mass is 9.84. The van der Waals surface area contributed by atoms with Crippen LogP contribution in [0.5, 0.6) is 0 Å². The summed E-state index contributed by atoms with van der Waals surface area (Å²) in [6, 6.07) is 16.1. The Kier molecular flexibility index (Phi) is 7.11. The summed E-state index contributed by atoms with van der Waals surface area (Å²) in [5.74, 6) is -1.83. The van der Waals surface area contributed by atoms with E-state index in [0.29, 0.717) is 5.69 Å². The van der Waals surface area contributed by atoms with Crippen molar-refractivity contribution < 1.29 is 19.5 Å². The first-order chi connectivity index (χ1) is 15.6. The Balaban J connectivity index is 1.84. The number of rotatable bonds is 8. The second-order valence-corrected chi connectivity index (χ2v) is 9.18. The molecule has 0 fully saturated rings. The zero-order chi connectivity index (χ0) is 24.2. The summed E-state index contributed by atoms with van der Waals surface area (Å²) in [6.45, 7) is 6.96. The summed E-state index contributed by atoms with van der Waals surface area (Å²) in [5.41, 5.74) is 3.14. The maximum Gasteiger partial charge on any atom is 0.306 e. The number of aliphatic carboxylic acids is 1. The molecule has 1 aromatic heterocycles. The molecule has 7 nitrogen and oxygen atoms in total. The third kappa shape index (κ3) is 5.94. The zero-order valence-electron chi connectivity index (χ0n) is 19.3. The lowest BCUT2D eigenvalue weighted by Gasteiger charge is -2.30. The van der Waals surface area contributed by atoms with Gasteiger partial charge in [-0.05, 0) is 23.5 Å². The molecular weight excluding hydrogens is 418 g/mol. The third-order valence-corrected chi connectivity index (χ3v) is 5.48. The van der Waals surface area contributed by atoms with Crippen LogP contribution >= 0.6 is 0 Å². The molecule has 0 aliphatic carbocycles. The molecular formula is C26H29N3O4. The van der Waals surface area contributed by atoms with Gasteiger partial charge in [0.25, 0.3) is 0 Å². The second kappa shape index (κ2) is 9.81. The summed E-state index contributed by atoms with van der Waals surface area (Å²) >= 11 is 0. The molecule has 2 atom stereocenters. The Morgan fingerprint density at radius 1 is 0.970 bits per heavy atom. The molecule has 0 saturated carbocycles. The van der Waals surface area contributed by atoms with Crippen molar-refractivity contribution in [3.8, 4) is 22.4 Å². The molecule has 0 saturated heterocycles. The molecule has 0 radical (unpaired) electrons. The average Bonchev–Trinajstić information content (AvgIpc) is 3.25. The van der Waals surface area contributed by atoms with E-state index in [4.69, 9.17) is 0 Å². The quantitative estimate of drug-likeness (QED) is 0.534. The van der Waals surface area contributed by atoms with Gasteiger partial charge in [-0.25, -0.2) is 4.98 Å². The first-order valence-electron chi connectivity index (χ1n) is 10.8. The standard InChI is InChI=1S/C26H29N3O4/c1-17(30)24(26(2,3)4)28-25(33)22(14-23(31)32)29-15-21(27-16-29)20-12-10-19(11-13-20)18-8-6-5-7-9-18/h5-13,15-16,22,24H,14H2,1-4H3,(H,28,33)(H,31,32)/t22?,24-/m1/s1. The average molecular weight is 448 g/mol. The Labute approximate surface area is 193 Å². The first kappa shape index (κ1) is 23.9. The highest BCUT2D eigenvalue weighted by atomic mass is 16.4. The number of amides is 1. The molecule has 3 aromatic rings. The molecule has 1 amide bonds. The number of carboxylic acid groups (broad SMARTS) is 1. The highest BCUT2D eigenvalue weighted by Gasteiger charge is 2.33. The van der Waals surface area contributed by atoms with E-state index >= 15 is 0 Å². The maximum atomic E-state index is 13.0. The van der Waals surface area contributed by atoms with Crippen molar-refractivity contribution >= 4 is 17.7 Å². The number of imidazole rings is 1. The third-order valence-electron chi connectivity index (χ3n) is 5.48. The Bertz CT molecular complexity index is 1130. The lowest BCUT2D eigenvalue weighted by molar-refractivity contribution is -0.141. The number of Topliss-reactive ketones (excluding diaryl/α,β-unsaturated/α-hetero) is 1. The van der Waals surface area contributed by atoms with Crippen LogP contribution in [0.2, 0.25) is 0 Å². The van der Waals surface area contributed by atoms with Crippen LogP contribution in [0.15, 0.2) is 67.1 Å². The molecule has 172 valence electrons. The van der Waals surface area contributed by atoms with Crippen LogP contribution in [0.1, 0.15) is 40.2 Å². The van der Waals surface area contributed by atoms with Crippen molar-refractivity contribution in [1.82, 2.24) is 14.9 Å². The predicted molar refractivity (Wildman–Crippen MR) is 126 cm³/mol. The van der Waals surface area contributed by atoms with Gasteiger partial charge < -0.3 is 15.0 Å². The van der Waals surface area contributed by atoms with Gasteiger partial charge in [-0.15, -0.1) is 0 Å². The number of carbonyl (C=O) groups is 3. The first-order valence-corrected chi connectivity index (χ1v) is 10.8. The van der Waals surface area contributed by atoms with Gasteiger partial charge in [-0.1, -0.05) is 75.4 Å². The number of hydrogen-bond acceptors (Lipinski definition) is 4. The number of hydrogen-bond donors (Lipinski definition) is 2. The number of benzene rings is 2. The SMILES string of the molecule is CC(=O)[C@@H](NC(=O)C(CC(=O)O)n1cnc(-c2ccc(-c3ccccc3)cc2)c1)C(C)(C)C. The van der Waals surface area contributed by atoms with Gasteiger partial charge in [0.1, 0.15) is 6.04 Å². The van der Waals surface area contributed by atoms with Gasteiger partial charge in [0.2, 0.25) is 5.91 Å². The van der Waals surface area contributed by atoms with Crippen LogP contribution in [0.25, 0.3) is 22.4 Å². The maximum absolute atomic E-state index is 13.0. The van der Waals surface area contributed by atoms with E-state index in [-0.39, 0.29) is 5.78 Å². The van der Waals surface area contributed by atoms with E-state index in [9.17, 15) is 19.5 Å². The molecule has 0 aliphatic rings. The van der Waals surface area contributed by atoms with Crippen molar-refractivity contribution in [3.05, 3.63) is 67.1 Å². The fourth-order valence-electron chi connectivity index (χ4n) is 3.79. The largest absolute Gasteiger partial charge is 0.481 e. The van der Waals surface area contributed by atoms with Crippen LogP contribution in [0, 0.1) is 5.41 Å². The van der Waals surface area contributed by atoms with E-state index < -0.39 is 35.8 Å². The van der Waals surface area contributed by atoms with E-state index in [2.05, 4.69) is 10.3 Å². The Hall–Kier alpha value is -3.74. The minimum Gasteiger partial charge on any atom is -0.481 e. The normalized spacial score (nSPS) is 13.2. The highest BCUT2D eigenvalue weighted by molar-refractivity contribution is 5.91. The molecule has 0 aliphatic heterocycles. The minimum absolute atomic E-state index is 0.185. The molecule has 1 heterocycles. The van der Waals surface area contributed by atoms with Gasteiger partial charge in [0.05, 0.1) is 24.5 Å². The predicted octanol–water partition coefficient (Wildman–Crippen LogP) is 4.35. The van der Waals surface area contributed by atoms with Crippen LogP contribution in [0.4, 0.5) is 0 Å². The van der Waals surface area contributed by atoms with Gasteiger partial charge in [-0.3, -0.25) is 14.4 Å². The van der Waals surface area contributed by atoms with Gasteiger partial charge in [0.15, 0.2) is 5.78 Å². The summed E-state index contributed by atoms with van der Waals surface area (Å²) in [6.07, 6.45) is 2.68. The van der Waals surface area contributed by atoms with Crippen molar-refractivity contribution in [2.75, 3.05) is 0 Å². The molecule has 1 unspecified atom stereocenters. The molecule has 7 heteroatoms. The van der Waals surface area contributed by atoms with E-state index in [0.717, 1.165) is 16.7 Å². The zero-order valence-corrected chi connectivity index (χ0v) is 19.3. The topological polar surface area (TPSA) is 101 Å². The molecule has 2 aromatic carbocycles. The van der Waals surface area contributed by atoms with Crippen molar-refractivity contribution in [2.45, 2.75) is 46.2 Å². The summed E-state index contributed by atoms with van der Waals surface area (Å²) in [5, 5.41) is 12.1. The summed E-state index contributed by atoms with van der Waals surface area (Å²) in [7, 11) is 0. The van der Waals surface area contributed by atoms with Crippen LogP contribution < -0.4 is 5.32 Å². The highest BCUT2D eigenvalue weighted by Crippen LogP contribution is 2.26. The fraction of sp³-hybridized carbons (Fsp3) is 0.308. The van der Waals surface area contributed by atoms with E-state index in [1.165, 1.54) is 17.8 Å². The van der Waals surface area contributed by atoms with Gasteiger partial charge >= 0.3 is 5.97 Å². The number of carboxylic acids is 1. The summed E-state index contributed by atoms with van der Waals surface area (Å²) < 4.78 is 1.49. The monoisotopic (exact) mass is 447 g/mol. The van der Waals surface area contributed by atoms with Crippen molar-refractivity contribution in [1.29, 1.82) is 0 Å². The minimum atomic E-state index is -1.12. The van der Waals surface area contributed by atoms with Gasteiger partial charge in [-0.2, -0.15) is 0 Å². The number of nitrogens with one attached hydrogen (secondary N) is 1. The number of nitrogens with zero attached hydrogens (tertiary/aromatic N) is 2. The summed E-state index contributed by atoms with van der Waals surface area (Å²) in [4.78, 5) is 40.9. The van der Waals surface area contributed by atoms with Crippen LogP contribution in [0.3, 0.4) is 0 Å². The number of aromatic nitrogens is 2. The van der Waals surface area contributed by atoms with E-state index in [1.54, 1.807) is 6.20 Å².